The lowest BCUT2D eigenvalue weighted by molar-refractivity contribution is -0.116. The van der Waals surface area contributed by atoms with Crippen molar-refractivity contribution in [3.05, 3.63) is 0 Å². The van der Waals surface area contributed by atoms with Crippen molar-refractivity contribution in [2.45, 2.75) is 52.5 Å². The molecule has 0 aromatic rings. The van der Waals surface area contributed by atoms with Gasteiger partial charge in [0, 0.05) is 6.04 Å². The first kappa shape index (κ1) is 11.6. The van der Waals surface area contributed by atoms with Gasteiger partial charge in [0.05, 0.1) is 6.54 Å². The van der Waals surface area contributed by atoms with Crippen LogP contribution < -0.4 is 5.32 Å². The van der Waals surface area contributed by atoms with Gasteiger partial charge in [-0.3, -0.25) is 4.79 Å². The van der Waals surface area contributed by atoms with Crippen LogP contribution in [-0.4, -0.2) is 18.4 Å². The predicted octanol–water partition coefficient (Wildman–Crippen LogP) is 2.13. The summed E-state index contributed by atoms with van der Waals surface area (Å²) in [6.07, 6.45) is 4.80. The van der Waals surface area contributed by atoms with Crippen LogP contribution >= 0.6 is 0 Å². The topological polar surface area (TPSA) is 29.1 Å². The lowest BCUT2D eigenvalue weighted by Crippen LogP contribution is -2.32. The number of Topliss-reactive ketones (excluding diaryl/α,β-unsaturated/α-hetero) is 1. The first-order chi connectivity index (χ1) is 5.70. The molecule has 0 aromatic carbocycles. The maximum Gasteiger partial charge on any atom is 0.143 e. The van der Waals surface area contributed by atoms with E-state index >= 15 is 0 Å². The van der Waals surface area contributed by atoms with E-state index in [-0.39, 0.29) is 5.78 Å². The molecule has 0 aliphatic rings. The predicted molar refractivity (Wildman–Crippen MR) is 52.3 cm³/mol. The number of hydrogen-bond acceptors (Lipinski definition) is 2. The van der Waals surface area contributed by atoms with Crippen molar-refractivity contribution in [2.75, 3.05) is 6.54 Å². The van der Waals surface area contributed by atoms with Gasteiger partial charge in [0.25, 0.3) is 0 Å². The summed E-state index contributed by atoms with van der Waals surface area (Å²) in [5.41, 5.74) is 0. The summed E-state index contributed by atoms with van der Waals surface area (Å²) in [6.45, 7) is 6.51. The Kier molecular flexibility index (Phi) is 7.06. The fourth-order valence-corrected chi connectivity index (χ4v) is 1.19. The van der Waals surface area contributed by atoms with E-state index in [1.165, 1.54) is 19.3 Å². The third-order valence-electron chi connectivity index (χ3n) is 2.04. The second kappa shape index (κ2) is 7.29. The normalized spacial score (nSPS) is 12.9. The van der Waals surface area contributed by atoms with E-state index in [9.17, 15) is 4.79 Å². The van der Waals surface area contributed by atoms with Gasteiger partial charge in [0.15, 0.2) is 0 Å². The molecule has 0 aliphatic carbocycles. The van der Waals surface area contributed by atoms with Crippen molar-refractivity contribution >= 4 is 5.78 Å². The van der Waals surface area contributed by atoms with E-state index in [0.29, 0.717) is 12.6 Å². The number of unbranched alkanes of at least 4 members (excludes halogenated alkanes) is 1. The number of carbonyl (C=O) groups is 1. The molecule has 0 aromatic heterocycles. The second-order valence-corrected chi connectivity index (χ2v) is 3.33. The number of hydrogen-bond donors (Lipinski definition) is 1. The van der Waals surface area contributed by atoms with Gasteiger partial charge in [0.2, 0.25) is 0 Å². The SMILES string of the molecule is CCCC[C@H](CC)NCC(C)=O. The summed E-state index contributed by atoms with van der Waals surface area (Å²) in [4.78, 5) is 10.7. The summed E-state index contributed by atoms with van der Waals surface area (Å²) >= 11 is 0. The van der Waals surface area contributed by atoms with Crippen molar-refractivity contribution in [1.29, 1.82) is 0 Å². The monoisotopic (exact) mass is 171 g/mol. The van der Waals surface area contributed by atoms with E-state index in [0.717, 1.165) is 6.42 Å². The number of ketones is 1. The zero-order valence-electron chi connectivity index (χ0n) is 8.52. The molecule has 0 unspecified atom stereocenters. The van der Waals surface area contributed by atoms with Crippen LogP contribution in [0.4, 0.5) is 0 Å². The van der Waals surface area contributed by atoms with Crippen LogP contribution in [0, 0.1) is 0 Å². The summed E-state index contributed by atoms with van der Waals surface area (Å²) in [5.74, 6) is 0.227. The summed E-state index contributed by atoms with van der Waals surface area (Å²) in [6, 6.07) is 0.536. The van der Waals surface area contributed by atoms with Gasteiger partial charge in [0.1, 0.15) is 5.78 Å². The van der Waals surface area contributed by atoms with E-state index in [2.05, 4.69) is 19.2 Å². The van der Waals surface area contributed by atoms with Crippen LogP contribution in [0.15, 0.2) is 0 Å². The molecule has 72 valence electrons. The van der Waals surface area contributed by atoms with Gasteiger partial charge in [-0.05, 0) is 19.8 Å². The quantitative estimate of drug-likeness (QED) is 0.636. The maximum atomic E-state index is 10.7. The van der Waals surface area contributed by atoms with Crippen LogP contribution in [-0.2, 0) is 4.79 Å². The lowest BCUT2D eigenvalue weighted by Gasteiger charge is -2.14. The highest BCUT2D eigenvalue weighted by molar-refractivity contribution is 5.77. The zero-order valence-corrected chi connectivity index (χ0v) is 8.52. The molecule has 2 nitrogen and oxygen atoms in total. The molecule has 1 atom stereocenters. The van der Waals surface area contributed by atoms with Crippen molar-refractivity contribution in [3.63, 3.8) is 0 Å². The minimum Gasteiger partial charge on any atom is -0.307 e. The van der Waals surface area contributed by atoms with Crippen LogP contribution in [0.1, 0.15) is 46.5 Å². The van der Waals surface area contributed by atoms with E-state index in [1.807, 2.05) is 0 Å². The summed E-state index contributed by atoms with van der Waals surface area (Å²) in [5, 5.41) is 3.25. The third kappa shape index (κ3) is 6.35. The van der Waals surface area contributed by atoms with Gasteiger partial charge in [-0.2, -0.15) is 0 Å². The Bertz CT molecular complexity index is 123. The fraction of sp³-hybridized carbons (Fsp3) is 0.900. The second-order valence-electron chi connectivity index (χ2n) is 3.33. The molecule has 0 fully saturated rings. The lowest BCUT2D eigenvalue weighted by atomic mass is 10.1. The third-order valence-corrected chi connectivity index (χ3v) is 2.04. The van der Waals surface area contributed by atoms with E-state index < -0.39 is 0 Å². The summed E-state index contributed by atoms with van der Waals surface area (Å²) < 4.78 is 0. The zero-order chi connectivity index (χ0) is 9.40. The Hall–Kier alpha value is -0.370. The maximum absolute atomic E-state index is 10.7. The van der Waals surface area contributed by atoms with Crippen LogP contribution in [0.25, 0.3) is 0 Å². The molecule has 0 radical (unpaired) electrons. The summed E-state index contributed by atoms with van der Waals surface area (Å²) in [7, 11) is 0. The first-order valence-electron chi connectivity index (χ1n) is 4.93. The van der Waals surface area contributed by atoms with Crippen LogP contribution in [0.3, 0.4) is 0 Å². The minimum absolute atomic E-state index is 0.227. The largest absolute Gasteiger partial charge is 0.307 e. The van der Waals surface area contributed by atoms with E-state index in [4.69, 9.17) is 0 Å². The molecular formula is C10H21NO. The molecule has 0 amide bonds. The Morgan fingerprint density at radius 3 is 2.50 bits per heavy atom. The molecule has 1 N–H and O–H groups in total. The van der Waals surface area contributed by atoms with E-state index in [1.54, 1.807) is 6.92 Å². The average molecular weight is 171 g/mol. The van der Waals surface area contributed by atoms with Crippen LogP contribution in [0.5, 0.6) is 0 Å². The standard InChI is InChI=1S/C10H21NO/c1-4-6-7-10(5-2)11-8-9(3)12/h10-11H,4-8H2,1-3H3/t10-/m0/s1. The van der Waals surface area contributed by atoms with Crippen molar-refractivity contribution < 1.29 is 4.79 Å². The van der Waals surface area contributed by atoms with Crippen LogP contribution in [0.2, 0.25) is 0 Å². The first-order valence-corrected chi connectivity index (χ1v) is 4.93. The molecule has 0 saturated carbocycles. The molecule has 0 bridgehead atoms. The number of carbonyl (C=O) groups excluding carboxylic acids is 1. The van der Waals surface area contributed by atoms with Crippen molar-refractivity contribution in [1.82, 2.24) is 5.32 Å². The van der Waals surface area contributed by atoms with Gasteiger partial charge in [-0.25, -0.2) is 0 Å². The molecule has 0 spiro atoms. The Labute approximate surface area is 75.7 Å². The molecule has 0 aliphatic heterocycles. The van der Waals surface area contributed by atoms with Gasteiger partial charge in [-0.1, -0.05) is 26.7 Å². The molecule has 0 heterocycles. The smallest absolute Gasteiger partial charge is 0.143 e. The highest BCUT2D eigenvalue weighted by Gasteiger charge is 2.04. The Morgan fingerprint density at radius 2 is 2.08 bits per heavy atom. The van der Waals surface area contributed by atoms with Gasteiger partial charge < -0.3 is 5.32 Å². The molecular weight excluding hydrogens is 150 g/mol. The highest BCUT2D eigenvalue weighted by atomic mass is 16.1. The fourth-order valence-electron chi connectivity index (χ4n) is 1.19. The Morgan fingerprint density at radius 1 is 1.42 bits per heavy atom. The molecule has 12 heavy (non-hydrogen) atoms. The highest BCUT2D eigenvalue weighted by Crippen LogP contribution is 2.03. The average Bonchev–Trinajstić information content (AvgIpc) is 2.05. The molecule has 2 heteroatoms. The number of nitrogens with one attached hydrogen (secondary N) is 1. The number of rotatable bonds is 7. The van der Waals surface area contributed by atoms with Gasteiger partial charge in [-0.15, -0.1) is 0 Å². The molecule has 0 saturated heterocycles. The Balaban J connectivity index is 3.45. The van der Waals surface area contributed by atoms with Gasteiger partial charge >= 0.3 is 0 Å². The van der Waals surface area contributed by atoms with Crippen molar-refractivity contribution in [2.24, 2.45) is 0 Å². The molecule has 0 rings (SSSR count). The minimum atomic E-state index is 0.227. The van der Waals surface area contributed by atoms with Crippen molar-refractivity contribution in [3.8, 4) is 0 Å².